The molecule has 0 aliphatic heterocycles. The van der Waals surface area contributed by atoms with E-state index in [4.69, 9.17) is 5.11 Å². The van der Waals surface area contributed by atoms with Crippen molar-refractivity contribution in [1.82, 2.24) is 20.2 Å². The molecule has 3 rings (SSSR count). The lowest BCUT2D eigenvalue weighted by Gasteiger charge is -2.23. The summed E-state index contributed by atoms with van der Waals surface area (Å²) < 4.78 is 1.82. The Morgan fingerprint density at radius 3 is 2.63 bits per heavy atom. The zero-order chi connectivity index (χ0) is 13.2. The monoisotopic (exact) mass is 264 g/mol. The summed E-state index contributed by atoms with van der Waals surface area (Å²) >= 11 is 0. The van der Waals surface area contributed by atoms with Crippen molar-refractivity contribution in [3.63, 3.8) is 0 Å². The number of hydrogen-bond acceptors (Lipinski definition) is 4. The molecule has 0 saturated heterocycles. The number of aliphatic carboxylic acids is 1. The van der Waals surface area contributed by atoms with Crippen LogP contribution in [0.4, 0.5) is 0 Å². The van der Waals surface area contributed by atoms with Gasteiger partial charge < -0.3 is 5.11 Å². The van der Waals surface area contributed by atoms with Crippen LogP contribution in [0.25, 0.3) is 0 Å². The first-order valence-electron chi connectivity index (χ1n) is 7.25. The van der Waals surface area contributed by atoms with Crippen molar-refractivity contribution in [2.45, 2.75) is 63.3 Å². The predicted octanol–water partition coefficient (Wildman–Crippen LogP) is 2.15. The highest BCUT2D eigenvalue weighted by molar-refractivity contribution is 5.67. The van der Waals surface area contributed by atoms with Crippen molar-refractivity contribution < 1.29 is 9.90 Å². The molecule has 6 nitrogen and oxygen atoms in total. The van der Waals surface area contributed by atoms with E-state index in [9.17, 15) is 4.79 Å². The molecule has 1 aromatic heterocycles. The zero-order valence-corrected chi connectivity index (χ0v) is 11.0. The van der Waals surface area contributed by atoms with E-state index in [1.54, 1.807) is 0 Å². The predicted molar refractivity (Wildman–Crippen MR) is 67.7 cm³/mol. The molecule has 2 aliphatic carbocycles. The lowest BCUT2D eigenvalue weighted by Crippen LogP contribution is -2.22. The Kier molecular flexibility index (Phi) is 3.48. The molecular formula is C13H20N4O2. The molecule has 2 aliphatic rings. The Balaban J connectivity index is 1.82. The quantitative estimate of drug-likeness (QED) is 0.881. The summed E-state index contributed by atoms with van der Waals surface area (Å²) in [5.74, 6) is 1.01. The molecule has 6 heteroatoms. The summed E-state index contributed by atoms with van der Waals surface area (Å²) in [6.45, 7) is 0. The van der Waals surface area contributed by atoms with Gasteiger partial charge in [-0.3, -0.25) is 4.79 Å². The molecule has 0 radical (unpaired) electrons. The fraction of sp³-hybridized carbons (Fsp3) is 0.846. The van der Waals surface area contributed by atoms with Crippen LogP contribution in [0.1, 0.15) is 69.2 Å². The molecule has 19 heavy (non-hydrogen) atoms. The number of nitrogens with zero attached hydrogens (tertiary/aromatic N) is 4. The fourth-order valence-electron chi connectivity index (χ4n) is 3.18. The van der Waals surface area contributed by atoms with Crippen LogP contribution < -0.4 is 0 Å². The minimum Gasteiger partial charge on any atom is -0.481 e. The van der Waals surface area contributed by atoms with Crippen LogP contribution in [0.15, 0.2) is 0 Å². The number of aromatic nitrogens is 4. The minimum atomic E-state index is -0.762. The molecule has 0 aromatic carbocycles. The first-order valence-corrected chi connectivity index (χ1v) is 7.25. The molecule has 2 saturated carbocycles. The van der Waals surface area contributed by atoms with Crippen LogP contribution in [-0.2, 0) is 4.79 Å². The Morgan fingerprint density at radius 2 is 2.00 bits per heavy atom. The molecule has 1 N–H and O–H groups in total. The van der Waals surface area contributed by atoms with E-state index in [0.717, 1.165) is 31.5 Å². The van der Waals surface area contributed by atoms with Crippen molar-refractivity contribution in [3.8, 4) is 0 Å². The topological polar surface area (TPSA) is 80.9 Å². The number of tetrazole rings is 1. The van der Waals surface area contributed by atoms with Crippen molar-refractivity contribution in [2.24, 2.45) is 5.92 Å². The van der Waals surface area contributed by atoms with E-state index < -0.39 is 5.97 Å². The van der Waals surface area contributed by atoms with Gasteiger partial charge in [0.25, 0.3) is 0 Å². The molecule has 1 unspecified atom stereocenters. The lowest BCUT2D eigenvalue weighted by molar-refractivity contribution is -0.138. The third-order valence-corrected chi connectivity index (χ3v) is 4.35. The van der Waals surface area contributed by atoms with Gasteiger partial charge >= 0.3 is 5.97 Å². The van der Waals surface area contributed by atoms with Gasteiger partial charge in [0.1, 0.15) is 0 Å². The van der Waals surface area contributed by atoms with Crippen molar-refractivity contribution in [3.05, 3.63) is 5.82 Å². The van der Waals surface area contributed by atoms with E-state index in [1.807, 2.05) is 4.68 Å². The first-order chi connectivity index (χ1) is 9.25. The minimum absolute atomic E-state index is 0.0515. The fourth-order valence-corrected chi connectivity index (χ4v) is 3.18. The number of hydrogen-bond donors (Lipinski definition) is 1. The molecule has 1 atom stereocenters. The van der Waals surface area contributed by atoms with E-state index >= 15 is 0 Å². The lowest BCUT2D eigenvalue weighted by atomic mass is 9.88. The van der Waals surface area contributed by atoms with Crippen molar-refractivity contribution in [2.75, 3.05) is 0 Å². The summed E-state index contributed by atoms with van der Waals surface area (Å²) in [6.07, 6.45) is 8.34. The van der Waals surface area contributed by atoms with Gasteiger partial charge in [0, 0.05) is 5.92 Å². The maximum atomic E-state index is 11.0. The van der Waals surface area contributed by atoms with Crippen LogP contribution in [0.2, 0.25) is 0 Å². The number of carbonyl (C=O) groups is 1. The molecular weight excluding hydrogens is 244 g/mol. The van der Waals surface area contributed by atoms with Gasteiger partial charge in [-0.15, -0.1) is 5.10 Å². The molecule has 0 bridgehead atoms. The van der Waals surface area contributed by atoms with Gasteiger partial charge in [-0.1, -0.05) is 19.3 Å². The number of carboxylic acids is 1. The second-order valence-corrected chi connectivity index (χ2v) is 5.82. The summed E-state index contributed by atoms with van der Waals surface area (Å²) in [5, 5.41) is 21.2. The summed E-state index contributed by atoms with van der Waals surface area (Å²) in [5.41, 5.74) is 0. The maximum Gasteiger partial charge on any atom is 0.305 e. The Hall–Kier alpha value is -1.46. The Morgan fingerprint density at radius 1 is 1.26 bits per heavy atom. The van der Waals surface area contributed by atoms with Gasteiger partial charge in [0.05, 0.1) is 12.5 Å². The van der Waals surface area contributed by atoms with Gasteiger partial charge in [-0.2, -0.15) is 0 Å². The highest BCUT2D eigenvalue weighted by Crippen LogP contribution is 2.43. The van der Waals surface area contributed by atoms with Crippen LogP contribution >= 0.6 is 0 Å². The normalized spacial score (nSPS) is 22.3. The third-order valence-electron chi connectivity index (χ3n) is 4.35. The highest BCUT2D eigenvalue weighted by Gasteiger charge is 2.37. The third kappa shape index (κ3) is 2.77. The van der Waals surface area contributed by atoms with Gasteiger partial charge in [-0.25, -0.2) is 4.68 Å². The van der Waals surface area contributed by atoms with Crippen molar-refractivity contribution >= 4 is 5.97 Å². The molecule has 0 amide bonds. The first kappa shape index (κ1) is 12.6. The van der Waals surface area contributed by atoms with Gasteiger partial charge in [0.2, 0.25) is 0 Å². The summed E-state index contributed by atoms with van der Waals surface area (Å²) in [4.78, 5) is 11.0. The van der Waals surface area contributed by atoms with E-state index in [1.165, 1.54) is 19.3 Å². The Labute approximate surface area is 112 Å². The van der Waals surface area contributed by atoms with Crippen molar-refractivity contribution in [1.29, 1.82) is 0 Å². The average molecular weight is 264 g/mol. The molecule has 104 valence electrons. The molecule has 1 heterocycles. The Bertz CT molecular complexity index is 449. The number of rotatable bonds is 5. The van der Waals surface area contributed by atoms with Crippen LogP contribution in [0.5, 0.6) is 0 Å². The van der Waals surface area contributed by atoms with Crippen LogP contribution in [0, 0.1) is 5.92 Å². The molecule has 1 aromatic rings. The molecule has 0 spiro atoms. The smallest absolute Gasteiger partial charge is 0.305 e. The number of carboxylic acid groups (broad SMARTS) is 1. The van der Waals surface area contributed by atoms with Gasteiger partial charge in [-0.05, 0) is 42.0 Å². The molecule has 2 fully saturated rings. The van der Waals surface area contributed by atoms with Crippen LogP contribution in [-0.4, -0.2) is 31.3 Å². The zero-order valence-electron chi connectivity index (χ0n) is 11.0. The highest BCUT2D eigenvalue weighted by atomic mass is 16.4. The second-order valence-electron chi connectivity index (χ2n) is 5.82. The van der Waals surface area contributed by atoms with E-state index in [-0.39, 0.29) is 12.5 Å². The van der Waals surface area contributed by atoms with E-state index in [2.05, 4.69) is 15.5 Å². The second kappa shape index (κ2) is 5.27. The summed E-state index contributed by atoms with van der Waals surface area (Å²) in [6, 6.07) is -0.0515. The maximum absolute atomic E-state index is 11.0. The van der Waals surface area contributed by atoms with E-state index in [0.29, 0.717) is 11.8 Å². The standard InChI is InChI=1S/C13H20N4O2/c18-12(19)8-11(9-6-7-9)17-13(14-15-16-17)10-4-2-1-3-5-10/h9-11H,1-8H2,(H,18,19). The SMILES string of the molecule is O=C(O)CC(C1CC1)n1nnnc1C1CCCCC1. The summed E-state index contributed by atoms with van der Waals surface area (Å²) in [7, 11) is 0. The largest absolute Gasteiger partial charge is 0.481 e. The van der Waals surface area contributed by atoms with Crippen LogP contribution in [0.3, 0.4) is 0 Å². The average Bonchev–Trinajstić information content (AvgIpc) is 3.14. The van der Waals surface area contributed by atoms with Gasteiger partial charge in [0.15, 0.2) is 5.82 Å².